The Bertz CT molecular complexity index is 1120. The van der Waals surface area contributed by atoms with Gasteiger partial charge in [-0.1, -0.05) is 6.07 Å². The molecule has 152 valence electrons. The highest BCUT2D eigenvalue weighted by atomic mass is 32.2. The number of anilines is 2. The molecule has 0 saturated carbocycles. The fourth-order valence-electron chi connectivity index (χ4n) is 2.78. The van der Waals surface area contributed by atoms with Gasteiger partial charge in [0.15, 0.2) is 0 Å². The number of amides is 1. The average Bonchev–Trinajstić information content (AvgIpc) is 3.11. The molecule has 0 radical (unpaired) electrons. The van der Waals surface area contributed by atoms with Gasteiger partial charge in [0.05, 0.1) is 23.3 Å². The highest BCUT2D eigenvalue weighted by Crippen LogP contribution is 2.25. The largest absolute Gasteiger partial charge is 0.494 e. The molecule has 1 aromatic heterocycles. The Morgan fingerprint density at radius 3 is 2.34 bits per heavy atom. The number of nitrogens with one attached hydrogen (secondary N) is 2. The minimum Gasteiger partial charge on any atom is -0.494 e. The second-order valence-corrected chi connectivity index (χ2v) is 8.04. The summed E-state index contributed by atoms with van der Waals surface area (Å²) < 4.78 is 38.8. The van der Waals surface area contributed by atoms with Crippen molar-refractivity contribution in [2.45, 2.75) is 25.7 Å². The maximum absolute atomic E-state index is 12.9. The van der Waals surface area contributed by atoms with Gasteiger partial charge in [0.25, 0.3) is 15.9 Å². The summed E-state index contributed by atoms with van der Waals surface area (Å²) in [5, 5.41) is 2.70. The minimum absolute atomic E-state index is 0.0769. The van der Waals surface area contributed by atoms with Gasteiger partial charge < -0.3 is 14.5 Å². The Balaban J connectivity index is 1.82. The van der Waals surface area contributed by atoms with E-state index >= 15 is 0 Å². The molecule has 0 bridgehead atoms. The quantitative estimate of drug-likeness (QED) is 0.599. The molecule has 0 aliphatic heterocycles. The Morgan fingerprint density at radius 1 is 1.03 bits per heavy atom. The molecule has 0 aliphatic carbocycles. The Hall–Kier alpha value is -3.26. The first kappa shape index (κ1) is 20.5. The zero-order chi connectivity index (χ0) is 21.0. The minimum atomic E-state index is -3.85. The van der Waals surface area contributed by atoms with E-state index < -0.39 is 10.0 Å². The van der Waals surface area contributed by atoms with E-state index in [1.165, 1.54) is 12.3 Å². The van der Waals surface area contributed by atoms with Crippen molar-refractivity contribution >= 4 is 27.3 Å². The first-order chi connectivity index (χ1) is 13.8. The maximum Gasteiger partial charge on any atom is 0.262 e. The zero-order valence-corrected chi connectivity index (χ0v) is 17.2. The van der Waals surface area contributed by atoms with Crippen molar-refractivity contribution in [3.63, 3.8) is 0 Å². The third-order valence-electron chi connectivity index (χ3n) is 4.26. The summed E-state index contributed by atoms with van der Waals surface area (Å²) in [5.41, 5.74) is 1.73. The predicted octanol–water partition coefficient (Wildman–Crippen LogP) is 4.35. The number of hydrogen-bond donors (Lipinski definition) is 2. The number of sulfonamides is 1. The van der Waals surface area contributed by atoms with Gasteiger partial charge in [-0.2, -0.15) is 0 Å². The molecule has 0 fully saturated rings. The smallest absolute Gasteiger partial charge is 0.262 e. The maximum atomic E-state index is 12.9. The number of hydrogen-bond acceptors (Lipinski definition) is 5. The van der Waals surface area contributed by atoms with Crippen LogP contribution in [0.1, 0.15) is 28.6 Å². The van der Waals surface area contributed by atoms with Gasteiger partial charge in [0.1, 0.15) is 11.5 Å². The molecule has 0 atom stereocenters. The predicted molar refractivity (Wildman–Crippen MR) is 111 cm³/mol. The van der Waals surface area contributed by atoms with Crippen molar-refractivity contribution in [3.8, 4) is 5.75 Å². The van der Waals surface area contributed by atoms with Crippen LogP contribution in [0.2, 0.25) is 0 Å². The number of aryl methyl sites for hydroxylation is 2. The Morgan fingerprint density at radius 2 is 1.72 bits per heavy atom. The van der Waals surface area contributed by atoms with Crippen molar-refractivity contribution in [2.75, 3.05) is 16.6 Å². The fourth-order valence-corrected chi connectivity index (χ4v) is 4.11. The molecule has 1 heterocycles. The molecular formula is C21H22N2O5S. The number of furan rings is 1. The van der Waals surface area contributed by atoms with Gasteiger partial charge in [-0.25, -0.2) is 8.42 Å². The fraction of sp³-hybridized carbons (Fsp3) is 0.190. The molecule has 8 heteroatoms. The molecule has 0 unspecified atom stereocenters. The summed E-state index contributed by atoms with van der Waals surface area (Å²) >= 11 is 0. The van der Waals surface area contributed by atoms with E-state index in [2.05, 4.69) is 10.0 Å². The third-order valence-corrected chi connectivity index (χ3v) is 5.78. The molecule has 0 aliphatic rings. The number of ether oxygens (including phenoxy) is 1. The number of carbonyl (C=O) groups is 1. The van der Waals surface area contributed by atoms with E-state index in [0.29, 0.717) is 40.6 Å². The van der Waals surface area contributed by atoms with E-state index in [1.54, 1.807) is 56.3 Å². The lowest BCUT2D eigenvalue weighted by molar-refractivity contribution is 0.102. The van der Waals surface area contributed by atoms with Gasteiger partial charge >= 0.3 is 0 Å². The number of rotatable bonds is 7. The number of carbonyl (C=O) groups excluding carboxylic acids is 1. The van der Waals surface area contributed by atoms with Crippen LogP contribution in [0.25, 0.3) is 0 Å². The average molecular weight is 414 g/mol. The molecule has 2 aromatic carbocycles. The summed E-state index contributed by atoms with van der Waals surface area (Å²) in [6.45, 7) is 5.78. The van der Waals surface area contributed by atoms with Crippen LogP contribution in [0.3, 0.4) is 0 Å². The number of benzene rings is 2. The lowest BCUT2D eigenvalue weighted by Gasteiger charge is -2.13. The monoisotopic (exact) mass is 414 g/mol. The molecule has 3 aromatic rings. The van der Waals surface area contributed by atoms with E-state index in [1.807, 2.05) is 6.92 Å². The second kappa shape index (κ2) is 8.40. The Labute approximate surface area is 169 Å². The van der Waals surface area contributed by atoms with Crippen molar-refractivity contribution < 1.29 is 22.4 Å². The van der Waals surface area contributed by atoms with Gasteiger partial charge in [0, 0.05) is 11.4 Å². The lowest BCUT2D eigenvalue weighted by Crippen LogP contribution is -2.16. The van der Waals surface area contributed by atoms with Crippen molar-refractivity contribution in [1.82, 2.24) is 0 Å². The van der Waals surface area contributed by atoms with Gasteiger partial charge in [-0.3, -0.25) is 9.52 Å². The molecule has 2 N–H and O–H groups in total. The molecule has 3 rings (SSSR count). The van der Waals surface area contributed by atoms with E-state index in [4.69, 9.17) is 9.15 Å². The van der Waals surface area contributed by atoms with Gasteiger partial charge in [-0.05, 0) is 68.8 Å². The van der Waals surface area contributed by atoms with Crippen molar-refractivity contribution in [1.29, 1.82) is 0 Å². The van der Waals surface area contributed by atoms with Crippen LogP contribution >= 0.6 is 0 Å². The lowest BCUT2D eigenvalue weighted by atomic mass is 10.2. The highest BCUT2D eigenvalue weighted by Gasteiger charge is 2.19. The normalized spacial score (nSPS) is 11.1. The summed E-state index contributed by atoms with van der Waals surface area (Å²) in [5.74, 6) is 0.772. The summed E-state index contributed by atoms with van der Waals surface area (Å²) in [6, 6.07) is 12.9. The van der Waals surface area contributed by atoms with Crippen LogP contribution in [0.15, 0.2) is 64.1 Å². The SMILES string of the molecule is CCOc1ccc(NS(=O)(=O)c2cc(NC(=O)c3ccoc3C)ccc2C)cc1. The standard InChI is InChI=1S/C21H22N2O5S/c1-4-27-18-9-7-16(8-10-18)23-29(25,26)20-13-17(6-5-14(20)2)22-21(24)19-11-12-28-15(19)3/h5-13,23H,4H2,1-3H3,(H,22,24). The van der Waals surface area contributed by atoms with Gasteiger partial charge in [-0.15, -0.1) is 0 Å². The van der Waals surface area contributed by atoms with Crippen LogP contribution in [0.4, 0.5) is 11.4 Å². The van der Waals surface area contributed by atoms with Crippen LogP contribution < -0.4 is 14.8 Å². The van der Waals surface area contributed by atoms with Crippen LogP contribution in [0, 0.1) is 13.8 Å². The van der Waals surface area contributed by atoms with E-state index in [-0.39, 0.29) is 10.8 Å². The zero-order valence-electron chi connectivity index (χ0n) is 16.4. The first-order valence-electron chi connectivity index (χ1n) is 9.02. The first-order valence-corrected chi connectivity index (χ1v) is 10.5. The third kappa shape index (κ3) is 4.78. The molecule has 29 heavy (non-hydrogen) atoms. The van der Waals surface area contributed by atoms with Crippen molar-refractivity contribution in [2.24, 2.45) is 0 Å². The molecule has 1 amide bonds. The van der Waals surface area contributed by atoms with Crippen LogP contribution in [-0.4, -0.2) is 20.9 Å². The summed E-state index contributed by atoms with van der Waals surface area (Å²) in [7, 11) is -3.85. The molecule has 0 spiro atoms. The van der Waals surface area contributed by atoms with Gasteiger partial charge in [0.2, 0.25) is 0 Å². The molecule has 0 saturated heterocycles. The van der Waals surface area contributed by atoms with Crippen LogP contribution in [-0.2, 0) is 10.0 Å². The summed E-state index contributed by atoms with van der Waals surface area (Å²) in [6.07, 6.45) is 1.43. The summed E-state index contributed by atoms with van der Waals surface area (Å²) in [4.78, 5) is 12.4. The molecule has 7 nitrogen and oxygen atoms in total. The second-order valence-electron chi connectivity index (χ2n) is 6.39. The van der Waals surface area contributed by atoms with Crippen LogP contribution in [0.5, 0.6) is 5.75 Å². The van der Waals surface area contributed by atoms with E-state index in [9.17, 15) is 13.2 Å². The molecular weight excluding hydrogens is 392 g/mol. The Kier molecular flexibility index (Phi) is 5.93. The topological polar surface area (TPSA) is 97.6 Å². The highest BCUT2D eigenvalue weighted by molar-refractivity contribution is 7.92. The van der Waals surface area contributed by atoms with Crippen molar-refractivity contribution in [3.05, 3.63) is 71.7 Å². The van der Waals surface area contributed by atoms with E-state index in [0.717, 1.165) is 0 Å².